The smallest absolute Gasteiger partial charge is 0.253 e. The molecule has 7 heteroatoms. The third-order valence-corrected chi connectivity index (χ3v) is 7.92. The van der Waals surface area contributed by atoms with Crippen LogP contribution < -0.4 is 4.90 Å². The Hall–Kier alpha value is -2.41. The summed E-state index contributed by atoms with van der Waals surface area (Å²) in [6.45, 7) is 5.80. The van der Waals surface area contributed by atoms with Crippen molar-refractivity contribution in [2.75, 3.05) is 51.2 Å². The Morgan fingerprint density at radius 1 is 0.939 bits per heavy atom. The summed E-state index contributed by atoms with van der Waals surface area (Å²) in [7, 11) is 2.16. The van der Waals surface area contributed by atoms with Gasteiger partial charge in [-0.2, -0.15) is 0 Å². The molecule has 1 amide bonds. The SMILES string of the molecule is CN1CCN(c2cc(-c3cc(-c4ccc(C(=O)N5CCCCC5)cc4Cl)cs3)ccn2)CC1. The molecular weight excluding hydrogens is 452 g/mol. The van der Waals surface area contributed by atoms with Crippen LogP contribution in [-0.2, 0) is 0 Å². The van der Waals surface area contributed by atoms with Gasteiger partial charge in [-0.15, -0.1) is 11.3 Å². The van der Waals surface area contributed by atoms with Crippen molar-refractivity contribution < 1.29 is 4.79 Å². The average molecular weight is 481 g/mol. The molecule has 0 radical (unpaired) electrons. The number of pyridine rings is 1. The Balaban J connectivity index is 1.34. The Morgan fingerprint density at radius 3 is 2.48 bits per heavy atom. The van der Waals surface area contributed by atoms with Gasteiger partial charge in [0.2, 0.25) is 0 Å². The van der Waals surface area contributed by atoms with Gasteiger partial charge in [-0.05, 0) is 73.1 Å². The number of hydrogen-bond acceptors (Lipinski definition) is 5. The van der Waals surface area contributed by atoms with Crippen molar-refractivity contribution in [3.8, 4) is 21.6 Å². The number of aromatic nitrogens is 1. The summed E-state index contributed by atoms with van der Waals surface area (Å²) in [5.74, 6) is 1.12. The van der Waals surface area contributed by atoms with E-state index in [1.54, 1.807) is 11.3 Å². The van der Waals surface area contributed by atoms with Crippen LogP contribution in [0.2, 0.25) is 5.02 Å². The van der Waals surface area contributed by atoms with Crippen LogP contribution in [0, 0.1) is 0 Å². The number of carbonyl (C=O) groups excluding carboxylic acids is 1. The van der Waals surface area contributed by atoms with Crippen molar-refractivity contribution in [3.05, 3.63) is 58.6 Å². The van der Waals surface area contributed by atoms with Crippen LogP contribution in [-0.4, -0.2) is 67.0 Å². The molecule has 5 nitrogen and oxygen atoms in total. The Labute approximate surface area is 204 Å². The van der Waals surface area contributed by atoms with Crippen LogP contribution in [0.25, 0.3) is 21.6 Å². The first kappa shape index (κ1) is 22.4. The molecule has 0 spiro atoms. The minimum Gasteiger partial charge on any atom is -0.354 e. The van der Waals surface area contributed by atoms with Gasteiger partial charge in [0, 0.05) is 66.5 Å². The van der Waals surface area contributed by atoms with E-state index in [4.69, 9.17) is 11.6 Å². The molecule has 2 saturated heterocycles. The number of likely N-dealkylation sites (N-methyl/N-ethyl adjacent to an activating group) is 1. The van der Waals surface area contributed by atoms with Gasteiger partial charge in [0.15, 0.2) is 0 Å². The molecule has 2 fully saturated rings. The normalized spacial score (nSPS) is 17.4. The number of anilines is 1. The number of thiophene rings is 1. The maximum atomic E-state index is 12.8. The van der Waals surface area contributed by atoms with Crippen LogP contribution in [0.5, 0.6) is 0 Å². The van der Waals surface area contributed by atoms with Crippen molar-refractivity contribution in [2.45, 2.75) is 19.3 Å². The van der Waals surface area contributed by atoms with Gasteiger partial charge in [0.05, 0.1) is 0 Å². The molecule has 2 aliphatic heterocycles. The monoisotopic (exact) mass is 480 g/mol. The molecule has 1 aromatic carbocycles. The summed E-state index contributed by atoms with van der Waals surface area (Å²) in [5.41, 5.74) is 3.88. The number of halogens is 1. The van der Waals surface area contributed by atoms with E-state index in [9.17, 15) is 4.79 Å². The standard InChI is InChI=1S/C26H29ClN4OS/c1-29-11-13-30(14-12-29)25-17-19(7-8-28-25)24-16-21(18-33-24)22-6-5-20(15-23(22)27)26(32)31-9-3-2-4-10-31/h5-8,15-18H,2-4,9-14H2,1H3. The van der Waals surface area contributed by atoms with Crippen molar-refractivity contribution >= 4 is 34.7 Å². The zero-order valence-electron chi connectivity index (χ0n) is 19.0. The van der Waals surface area contributed by atoms with Crippen LogP contribution >= 0.6 is 22.9 Å². The molecule has 3 aromatic rings. The van der Waals surface area contributed by atoms with Crippen molar-refractivity contribution in [1.82, 2.24) is 14.8 Å². The van der Waals surface area contributed by atoms with Crippen LogP contribution in [0.4, 0.5) is 5.82 Å². The molecule has 0 N–H and O–H groups in total. The van der Waals surface area contributed by atoms with Gasteiger partial charge in [-0.3, -0.25) is 4.79 Å². The predicted molar refractivity (Wildman–Crippen MR) is 137 cm³/mol. The quantitative estimate of drug-likeness (QED) is 0.493. The fourth-order valence-electron chi connectivity index (χ4n) is 4.57. The molecule has 172 valence electrons. The zero-order valence-corrected chi connectivity index (χ0v) is 20.5. The van der Waals surface area contributed by atoms with E-state index >= 15 is 0 Å². The Kier molecular flexibility index (Phi) is 6.67. The fraction of sp³-hybridized carbons (Fsp3) is 0.385. The van der Waals surface area contributed by atoms with E-state index < -0.39 is 0 Å². The average Bonchev–Trinajstić information content (AvgIpc) is 3.35. The third kappa shape index (κ3) is 4.93. The second kappa shape index (κ2) is 9.84. The number of rotatable bonds is 4. The summed E-state index contributed by atoms with van der Waals surface area (Å²) in [4.78, 5) is 25.3. The molecule has 0 atom stereocenters. The van der Waals surface area contributed by atoms with Gasteiger partial charge in [-0.25, -0.2) is 4.98 Å². The van der Waals surface area contributed by atoms with Gasteiger partial charge in [0.25, 0.3) is 5.91 Å². The van der Waals surface area contributed by atoms with Crippen molar-refractivity contribution in [3.63, 3.8) is 0 Å². The molecule has 5 rings (SSSR count). The van der Waals surface area contributed by atoms with E-state index in [0.717, 1.165) is 69.1 Å². The summed E-state index contributed by atoms with van der Waals surface area (Å²) in [5, 5.41) is 2.76. The first-order valence-corrected chi connectivity index (χ1v) is 12.9. The largest absolute Gasteiger partial charge is 0.354 e. The minimum absolute atomic E-state index is 0.0855. The molecule has 33 heavy (non-hydrogen) atoms. The summed E-state index contributed by atoms with van der Waals surface area (Å²) in [6.07, 6.45) is 5.27. The van der Waals surface area contributed by atoms with Crippen molar-refractivity contribution in [2.24, 2.45) is 0 Å². The second-order valence-corrected chi connectivity index (χ2v) is 10.3. The predicted octanol–water partition coefficient (Wildman–Crippen LogP) is 5.51. The Bertz CT molecular complexity index is 1130. The second-order valence-electron chi connectivity index (χ2n) is 8.94. The molecule has 0 unspecified atom stereocenters. The first-order valence-electron chi connectivity index (χ1n) is 11.7. The van der Waals surface area contributed by atoms with E-state index in [1.807, 2.05) is 29.3 Å². The maximum Gasteiger partial charge on any atom is 0.253 e. The molecule has 4 heterocycles. The lowest BCUT2D eigenvalue weighted by Gasteiger charge is -2.33. The number of carbonyl (C=O) groups is 1. The van der Waals surface area contributed by atoms with E-state index in [2.05, 4.69) is 45.4 Å². The highest BCUT2D eigenvalue weighted by Gasteiger charge is 2.20. The van der Waals surface area contributed by atoms with Gasteiger partial charge < -0.3 is 14.7 Å². The lowest BCUT2D eigenvalue weighted by atomic mass is 10.0. The van der Waals surface area contributed by atoms with Crippen LogP contribution in [0.15, 0.2) is 48.0 Å². The molecule has 0 aliphatic carbocycles. The van der Waals surface area contributed by atoms with E-state index in [1.165, 1.54) is 16.9 Å². The number of amides is 1. The third-order valence-electron chi connectivity index (χ3n) is 6.63. The number of piperidine rings is 1. The molecule has 2 aliphatic rings. The molecule has 0 bridgehead atoms. The number of nitrogens with zero attached hydrogens (tertiary/aromatic N) is 4. The lowest BCUT2D eigenvalue weighted by molar-refractivity contribution is 0.0724. The first-order chi connectivity index (χ1) is 16.1. The van der Waals surface area contributed by atoms with Crippen LogP contribution in [0.1, 0.15) is 29.6 Å². The molecule has 2 aromatic heterocycles. The minimum atomic E-state index is 0.0855. The summed E-state index contributed by atoms with van der Waals surface area (Å²) in [6, 6.07) is 12.1. The maximum absolute atomic E-state index is 12.8. The topological polar surface area (TPSA) is 39.7 Å². The van der Waals surface area contributed by atoms with Crippen molar-refractivity contribution in [1.29, 1.82) is 0 Å². The highest BCUT2D eigenvalue weighted by molar-refractivity contribution is 7.14. The Morgan fingerprint density at radius 2 is 1.73 bits per heavy atom. The highest BCUT2D eigenvalue weighted by atomic mass is 35.5. The summed E-state index contributed by atoms with van der Waals surface area (Å²) < 4.78 is 0. The van der Waals surface area contributed by atoms with E-state index in [0.29, 0.717) is 10.6 Å². The van der Waals surface area contributed by atoms with Gasteiger partial charge in [-0.1, -0.05) is 17.7 Å². The fourth-order valence-corrected chi connectivity index (χ4v) is 5.77. The van der Waals surface area contributed by atoms with E-state index in [-0.39, 0.29) is 5.91 Å². The number of hydrogen-bond donors (Lipinski definition) is 0. The zero-order chi connectivity index (χ0) is 22.8. The number of benzene rings is 1. The number of likely N-dealkylation sites (tertiary alicyclic amines) is 1. The highest BCUT2D eigenvalue weighted by Crippen LogP contribution is 2.37. The lowest BCUT2D eigenvalue weighted by Crippen LogP contribution is -2.44. The number of piperazine rings is 1. The molecular formula is C26H29ClN4OS. The van der Waals surface area contributed by atoms with Gasteiger partial charge in [0.1, 0.15) is 5.82 Å². The summed E-state index contributed by atoms with van der Waals surface area (Å²) >= 11 is 8.36. The van der Waals surface area contributed by atoms with Gasteiger partial charge >= 0.3 is 0 Å². The van der Waals surface area contributed by atoms with Crippen LogP contribution in [0.3, 0.4) is 0 Å². The molecule has 0 saturated carbocycles.